The normalized spacial score (nSPS) is 18.2. The van der Waals surface area contributed by atoms with Crippen LogP contribution in [0.2, 0.25) is 0 Å². The number of rotatable bonds is 7. The van der Waals surface area contributed by atoms with E-state index in [4.69, 9.17) is 0 Å². The van der Waals surface area contributed by atoms with E-state index < -0.39 is 23.9 Å². The molecule has 8 nitrogen and oxygen atoms in total. The van der Waals surface area contributed by atoms with Crippen LogP contribution >= 0.6 is 0 Å². The molecule has 1 aliphatic rings. The summed E-state index contributed by atoms with van der Waals surface area (Å²) < 4.78 is 68.8. The molecule has 13 heteroatoms. The zero-order valence-electron chi connectivity index (χ0n) is 17.5. The van der Waals surface area contributed by atoms with Gasteiger partial charge in [-0.25, -0.2) is 9.97 Å². The standard InChI is InChI=1S/C21H19F5N6O2/c22-19(23)34-16-10-28-20(29-11-16)31-14-4-3-13(7-14)30-17-2-1-5-32(18(17)33)15-6-12(8-27-9-15)21(24,25)26/h1-2,5-6,8-11,13-14,19,30H,3-4,7H2,(H,28,29,31)/t13-,14-/m0/s1. The lowest BCUT2D eigenvalue weighted by Gasteiger charge is -2.16. The van der Waals surface area contributed by atoms with Crippen LogP contribution in [-0.4, -0.2) is 38.2 Å². The molecule has 0 unspecified atom stereocenters. The molecule has 3 aromatic heterocycles. The van der Waals surface area contributed by atoms with E-state index in [1.807, 2.05) is 0 Å². The average molecular weight is 482 g/mol. The van der Waals surface area contributed by atoms with E-state index in [0.717, 1.165) is 29.4 Å². The topological polar surface area (TPSA) is 94.0 Å². The zero-order valence-corrected chi connectivity index (χ0v) is 17.5. The molecule has 0 amide bonds. The molecule has 0 aliphatic heterocycles. The number of halogens is 5. The van der Waals surface area contributed by atoms with Crippen LogP contribution in [0.1, 0.15) is 24.8 Å². The molecule has 2 atom stereocenters. The molecule has 3 aromatic rings. The number of pyridine rings is 2. The van der Waals surface area contributed by atoms with Gasteiger partial charge in [-0.05, 0) is 37.5 Å². The largest absolute Gasteiger partial charge is 0.432 e. The van der Waals surface area contributed by atoms with Crippen molar-refractivity contribution in [2.75, 3.05) is 10.6 Å². The van der Waals surface area contributed by atoms with Crippen LogP contribution in [0.5, 0.6) is 5.75 Å². The molecule has 0 spiro atoms. The fraction of sp³-hybridized carbons (Fsp3) is 0.333. The molecule has 1 fully saturated rings. The number of aromatic nitrogens is 4. The van der Waals surface area contributed by atoms with E-state index in [1.54, 1.807) is 12.1 Å². The highest BCUT2D eigenvalue weighted by atomic mass is 19.4. The number of nitrogens with one attached hydrogen (secondary N) is 2. The highest BCUT2D eigenvalue weighted by Gasteiger charge is 2.31. The lowest BCUT2D eigenvalue weighted by Crippen LogP contribution is -2.27. The summed E-state index contributed by atoms with van der Waals surface area (Å²) in [5.74, 6) is 0.106. The second-order valence-corrected chi connectivity index (χ2v) is 7.64. The Bertz CT molecular complexity index is 1190. The number of anilines is 2. The van der Waals surface area contributed by atoms with Crippen molar-refractivity contribution in [3.05, 3.63) is 65.1 Å². The van der Waals surface area contributed by atoms with E-state index in [-0.39, 0.29) is 35.2 Å². The Morgan fingerprint density at radius 3 is 2.44 bits per heavy atom. The fourth-order valence-corrected chi connectivity index (χ4v) is 3.72. The quantitative estimate of drug-likeness (QED) is 0.490. The fourth-order valence-electron chi connectivity index (χ4n) is 3.72. The van der Waals surface area contributed by atoms with Crippen LogP contribution < -0.4 is 20.9 Å². The first-order valence-corrected chi connectivity index (χ1v) is 10.2. The Hall–Kier alpha value is -3.77. The number of alkyl halides is 5. The van der Waals surface area contributed by atoms with E-state index in [2.05, 4.69) is 30.3 Å². The smallest absolute Gasteiger partial charge is 0.417 e. The molecule has 2 N–H and O–H groups in total. The maximum absolute atomic E-state index is 13.0. The van der Waals surface area contributed by atoms with Gasteiger partial charge in [0.2, 0.25) is 5.95 Å². The van der Waals surface area contributed by atoms with Gasteiger partial charge < -0.3 is 15.4 Å². The summed E-state index contributed by atoms with van der Waals surface area (Å²) in [6.07, 6.45) is 3.02. The highest BCUT2D eigenvalue weighted by molar-refractivity contribution is 5.45. The van der Waals surface area contributed by atoms with E-state index in [0.29, 0.717) is 19.0 Å². The third kappa shape index (κ3) is 5.58. The van der Waals surface area contributed by atoms with E-state index >= 15 is 0 Å². The van der Waals surface area contributed by atoms with Crippen LogP contribution in [0.4, 0.5) is 33.6 Å². The first-order chi connectivity index (χ1) is 16.2. The van der Waals surface area contributed by atoms with Crippen molar-refractivity contribution >= 4 is 11.6 Å². The Balaban J connectivity index is 1.41. The minimum absolute atomic E-state index is 0.00542. The van der Waals surface area contributed by atoms with Crippen LogP contribution in [0, 0.1) is 0 Å². The third-order valence-electron chi connectivity index (χ3n) is 5.26. The van der Waals surface area contributed by atoms with Crippen LogP contribution in [0.15, 0.2) is 54.0 Å². The first-order valence-electron chi connectivity index (χ1n) is 10.2. The third-order valence-corrected chi connectivity index (χ3v) is 5.26. The van der Waals surface area contributed by atoms with Crippen molar-refractivity contribution in [3.8, 4) is 11.4 Å². The summed E-state index contributed by atoms with van der Waals surface area (Å²) in [5, 5.41) is 6.26. The SMILES string of the molecule is O=c1c(N[C@H]2CC[C@H](Nc3ncc(OC(F)F)cn3)C2)cccn1-c1cncc(C(F)(F)F)c1. The van der Waals surface area contributed by atoms with Crippen LogP contribution in [0.3, 0.4) is 0 Å². The molecule has 1 aliphatic carbocycles. The highest BCUT2D eigenvalue weighted by Crippen LogP contribution is 2.29. The van der Waals surface area contributed by atoms with Gasteiger partial charge in [0.05, 0.1) is 29.8 Å². The summed E-state index contributed by atoms with van der Waals surface area (Å²) in [4.78, 5) is 24.4. The van der Waals surface area contributed by atoms with Crippen molar-refractivity contribution < 1.29 is 26.7 Å². The summed E-state index contributed by atoms with van der Waals surface area (Å²) in [7, 11) is 0. The monoisotopic (exact) mass is 482 g/mol. The molecule has 0 radical (unpaired) electrons. The molecule has 0 saturated heterocycles. The summed E-state index contributed by atoms with van der Waals surface area (Å²) >= 11 is 0. The average Bonchev–Trinajstić information content (AvgIpc) is 3.22. The summed E-state index contributed by atoms with van der Waals surface area (Å²) in [6, 6.07) is 3.88. The van der Waals surface area contributed by atoms with Crippen molar-refractivity contribution in [2.24, 2.45) is 0 Å². The lowest BCUT2D eigenvalue weighted by atomic mass is 10.2. The van der Waals surface area contributed by atoms with Gasteiger partial charge >= 0.3 is 12.8 Å². The Morgan fingerprint density at radius 1 is 1.06 bits per heavy atom. The second kappa shape index (κ2) is 9.61. The van der Waals surface area contributed by atoms with E-state index in [9.17, 15) is 26.7 Å². The van der Waals surface area contributed by atoms with Crippen LogP contribution in [-0.2, 0) is 6.18 Å². The number of ether oxygens (including phenoxy) is 1. The second-order valence-electron chi connectivity index (χ2n) is 7.64. The number of hydrogen-bond donors (Lipinski definition) is 2. The zero-order chi connectivity index (χ0) is 24.3. The molecule has 3 heterocycles. The predicted octanol–water partition coefficient (Wildman–Crippen LogP) is 4.09. The van der Waals surface area contributed by atoms with Gasteiger partial charge in [0.1, 0.15) is 5.69 Å². The van der Waals surface area contributed by atoms with Gasteiger partial charge in [0.25, 0.3) is 5.56 Å². The number of nitrogens with zero attached hydrogens (tertiary/aromatic N) is 4. The first kappa shape index (κ1) is 23.4. The lowest BCUT2D eigenvalue weighted by molar-refractivity contribution is -0.137. The minimum Gasteiger partial charge on any atom is -0.432 e. The Morgan fingerprint density at radius 2 is 1.76 bits per heavy atom. The molecule has 0 bridgehead atoms. The van der Waals surface area contributed by atoms with Gasteiger partial charge in [-0.3, -0.25) is 14.3 Å². The maximum atomic E-state index is 13.0. The molecule has 4 rings (SSSR count). The van der Waals surface area contributed by atoms with E-state index in [1.165, 1.54) is 12.4 Å². The molecule has 1 saturated carbocycles. The molecular formula is C21H19F5N6O2. The van der Waals surface area contributed by atoms with Crippen molar-refractivity contribution in [3.63, 3.8) is 0 Å². The maximum Gasteiger partial charge on any atom is 0.417 e. The van der Waals surface area contributed by atoms with Crippen LogP contribution in [0.25, 0.3) is 5.69 Å². The van der Waals surface area contributed by atoms with Crippen molar-refractivity contribution in [1.29, 1.82) is 0 Å². The Labute approximate surface area is 189 Å². The summed E-state index contributed by atoms with van der Waals surface area (Å²) in [5.41, 5.74) is -1.20. The van der Waals surface area contributed by atoms with Crippen molar-refractivity contribution in [1.82, 2.24) is 19.5 Å². The molecule has 0 aromatic carbocycles. The summed E-state index contributed by atoms with van der Waals surface area (Å²) in [6.45, 7) is -2.96. The van der Waals surface area contributed by atoms with Gasteiger partial charge in [-0.1, -0.05) is 0 Å². The minimum atomic E-state index is -4.58. The molecular weight excluding hydrogens is 463 g/mol. The van der Waals surface area contributed by atoms with Gasteiger partial charge in [0.15, 0.2) is 5.75 Å². The van der Waals surface area contributed by atoms with Gasteiger partial charge in [-0.15, -0.1) is 0 Å². The van der Waals surface area contributed by atoms with Gasteiger partial charge in [0, 0.05) is 24.5 Å². The Kier molecular flexibility index (Phi) is 6.61. The molecule has 180 valence electrons. The van der Waals surface area contributed by atoms with Gasteiger partial charge in [-0.2, -0.15) is 22.0 Å². The number of hydrogen-bond acceptors (Lipinski definition) is 7. The van der Waals surface area contributed by atoms with Crippen molar-refractivity contribution in [2.45, 2.75) is 44.1 Å². The predicted molar refractivity (Wildman–Crippen MR) is 112 cm³/mol. The molecule has 34 heavy (non-hydrogen) atoms.